The molecule has 4 nitrogen and oxygen atoms in total. The Hall–Kier alpha value is -2.07. The van der Waals surface area contributed by atoms with Crippen LogP contribution in [-0.4, -0.2) is 11.5 Å². The van der Waals surface area contributed by atoms with Crippen LogP contribution in [0.15, 0.2) is 42.5 Å². The van der Waals surface area contributed by atoms with Crippen molar-refractivity contribution in [3.8, 4) is 0 Å². The van der Waals surface area contributed by atoms with Gasteiger partial charge in [0.1, 0.15) is 5.69 Å². The Bertz CT molecular complexity index is 658. The molecule has 0 radical (unpaired) electrons. The van der Waals surface area contributed by atoms with Crippen LogP contribution >= 0.6 is 11.6 Å². The summed E-state index contributed by atoms with van der Waals surface area (Å²) in [5.41, 5.74) is 3.47. The van der Waals surface area contributed by atoms with Gasteiger partial charge in [0.2, 0.25) is 0 Å². The standard InChI is InChI=1S/C16H17ClN2O2/c1-3-18(14-7-5-4-6-12(14)2)15-9-8-13(11-17)10-16(15)19(20)21/h4-10H,3,11H2,1-2H3. The summed E-state index contributed by atoms with van der Waals surface area (Å²) in [6.45, 7) is 4.62. The monoisotopic (exact) mass is 304 g/mol. The molecule has 0 aliphatic rings. The van der Waals surface area contributed by atoms with Crippen molar-refractivity contribution in [2.45, 2.75) is 19.7 Å². The zero-order valence-electron chi connectivity index (χ0n) is 12.0. The van der Waals surface area contributed by atoms with Crippen LogP contribution in [0.1, 0.15) is 18.1 Å². The molecule has 5 heteroatoms. The number of aryl methyl sites for hydroxylation is 1. The molecule has 0 spiro atoms. The summed E-state index contributed by atoms with van der Waals surface area (Å²) in [6.07, 6.45) is 0. The number of nitro benzene ring substituents is 1. The van der Waals surface area contributed by atoms with Gasteiger partial charge in [0.05, 0.1) is 4.92 Å². The number of hydrogen-bond donors (Lipinski definition) is 0. The molecule has 0 aliphatic carbocycles. The number of rotatable bonds is 5. The predicted octanol–water partition coefficient (Wildman–Crippen LogP) is 4.80. The lowest BCUT2D eigenvalue weighted by molar-refractivity contribution is -0.384. The second-order valence-electron chi connectivity index (χ2n) is 4.74. The molecule has 0 amide bonds. The van der Waals surface area contributed by atoms with Gasteiger partial charge >= 0.3 is 0 Å². The fourth-order valence-corrected chi connectivity index (χ4v) is 2.53. The minimum absolute atomic E-state index is 0.0817. The zero-order chi connectivity index (χ0) is 15.4. The number of alkyl halides is 1. The van der Waals surface area contributed by atoms with E-state index in [0.29, 0.717) is 12.2 Å². The molecule has 2 aromatic carbocycles. The van der Waals surface area contributed by atoms with Gasteiger partial charge in [0.25, 0.3) is 5.69 Å². The van der Waals surface area contributed by atoms with Crippen molar-refractivity contribution in [1.82, 2.24) is 0 Å². The van der Waals surface area contributed by atoms with Crippen LogP contribution in [0.5, 0.6) is 0 Å². The predicted molar refractivity (Wildman–Crippen MR) is 86.5 cm³/mol. The topological polar surface area (TPSA) is 46.4 Å². The van der Waals surface area contributed by atoms with E-state index in [1.165, 1.54) is 0 Å². The maximum atomic E-state index is 11.4. The number of nitro groups is 1. The summed E-state index contributed by atoms with van der Waals surface area (Å²) in [5, 5.41) is 11.4. The van der Waals surface area contributed by atoms with Crippen molar-refractivity contribution in [1.29, 1.82) is 0 Å². The van der Waals surface area contributed by atoms with Crippen molar-refractivity contribution < 1.29 is 4.92 Å². The lowest BCUT2D eigenvalue weighted by Crippen LogP contribution is -2.18. The van der Waals surface area contributed by atoms with E-state index in [0.717, 1.165) is 16.8 Å². The quantitative estimate of drug-likeness (QED) is 0.453. The van der Waals surface area contributed by atoms with E-state index in [4.69, 9.17) is 11.6 Å². The van der Waals surface area contributed by atoms with Crippen LogP contribution in [0.4, 0.5) is 17.1 Å². The van der Waals surface area contributed by atoms with E-state index in [9.17, 15) is 10.1 Å². The van der Waals surface area contributed by atoms with E-state index in [1.54, 1.807) is 12.1 Å². The number of anilines is 2. The summed E-state index contributed by atoms with van der Waals surface area (Å²) in [6, 6.07) is 13.0. The first-order valence-electron chi connectivity index (χ1n) is 6.75. The lowest BCUT2D eigenvalue weighted by Gasteiger charge is -2.25. The number of halogens is 1. The Balaban J connectivity index is 2.57. The third-order valence-corrected chi connectivity index (χ3v) is 3.71. The highest BCUT2D eigenvalue weighted by molar-refractivity contribution is 6.17. The van der Waals surface area contributed by atoms with Gasteiger partial charge in [-0.1, -0.05) is 24.3 Å². The molecule has 0 atom stereocenters. The Kier molecular flexibility index (Phi) is 4.81. The summed E-state index contributed by atoms with van der Waals surface area (Å²) in [4.78, 5) is 13.0. The highest BCUT2D eigenvalue weighted by atomic mass is 35.5. The van der Waals surface area contributed by atoms with Crippen LogP contribution in [0.2, 0.25) is 0 Å². The fraction of sp³-hybridized carbons (Fsp3) is 0.250. The first-order chi connectivity index (χ1) is 10.1. The Morgan fingerprint density at radius 2 is 1.90 bits per heavy atom. The molecule has 0 bridgehead atoms. The Morgan fingerprint density at radius 1 is 1.19 bits per heavy atom. The molecule has 0 unspecified atom stereocenters. The van der Waals surface area contributed by atoms with Gasteiger partial charge in [0.15, 0.2) is 0 Å². The summed E-state index contributed by atoms with van der Waals surface area (Å²) >= 11 is 5.78. The van der Waals surface area contributed by atoms with Gasteiger partial charge < -0.3 is 4.90 Å². The maximum absolute atomic E-state index is 11.4. The molecule has 0 N–H and O–H groups in total. The number of para-hydroxylation sites is 1. The van der Waals surface area contributed by atoms with Gasteiger partial charge in [-0.3, -0.25) is 10.1 Å². The molecule has 2 aromatic rings. The minimum Gasteiger partial charge on any atom is -0.336 e. The molecule has 0 saturated carbocycles. The number of benzene rings is 2. The SMILES string of the molecule is CCN(c1ccccc1C)c1ccc(CCl)cc1[N+](=O)[O-]. The van der Waals surface area contributed by atoms with E-state index in [1.807, 2.05) is 49.1 Å². The average Bonchev–Trinajstić information content (AvgIpc) is 2.50. The second-order valence-corrected chi connectivity index (χ2v) is 5.01. The second kappa shape index (κ2) is 6.59. The van der Waals surface area contributed by atoms with E-state index >= 15 is 0 Å². The van der Waals surface area contributed by atoms with Crippen molar-refractivity contribution in [3.05, 3.63) is 63.7 Å². The third-order valence-electron chi connectivity index (χ3n) is 3.40. The maximum Gasteiger partial charge on any atom is 0.293 e. The summed E-state index contributed by atoms with van der Waals surface area (Å²) in [7, 11) is 0. The van der Waals surface area contributed by atoms with Crippen LogP contribution in [0.3, 0.4) is 0 Å². The van der Waals surface area contributed by atoms with Crippen LogP contribution < -0.4 is 4.90 Å². The normalized spacial score (nSPS) is 10.4. The fourth-order valence-electron chi connectivity index (χ4n) is 2.36. The minimum atomic E-state index is -0.355. The van der Waals surface area contributed by atoms with Gasteiger partial charge in [-0.25, -0.2) is 0 Å². The average molecular weight is 305 g/mol. The van der Waals surface area contributed by atoms with Gasteiger partial charge in [-0.2, -0.15) is 0 Å². The van der Waals surface area contributed by atoms with E-state index in [2.05, 4.69) is 0 Å². The van der Waals surface area contributed by atoms with E-state index < -0.39 is 0 Å². The number of hydrogen-bond acceptors (Lipinski definition) is 3. The third kappa shape index (κ3) is 3.16. The van der Waals surface area contributed by atoms with Crippen LogP contribution in [0.25, 0.3) is 0 Å². The first kappa shape index (κ1) is 15.3. The van der Waals surface area contributed by atoms with Gasteiger partial charge in [-0.05, 0) is 37.1 Å². The molecule has 0 heterocycles. The van der Waals surface area contributed by atoms with Crippen molar-refractivity contribution in [2.75, 3.05) is 11.4 Å². The molecule has 0 aliphatic heterocycles. The first-order valence-corrected chi connectivity index (χ1v) is 7.28. The molecule has 0 fully saturated rings. The smallest absolute Gasteiger partial charge is 0.293 e. The van der Waals surface area contributed by atoms with E-state index in [-0.39, 0.29) is 16.5 Å². The number of nitrogens with zero attached hydrogens (tertiary/aromatic N) is 2. The van der Waals surface area contributed by atoms with Crippen molar-refractivity contribution >= 4 is 28.7 Å². The lowest BCUT2D eigenvalue weighted by atomic mass is 10.1. The van der Waals surface area contributed by atoms with Crippen LogP contribution in [-0.2, 0) is 5.88 Å². The summed E-state index contributed by atoms with van der Waals surface area (Å²) in [5.74, 6) is 0.262. The van der Waals surface area contributed by atoms with Crippen molar-refractivity contribution in [2.24, 2.45) is 0 Å². The molecule has 0 saturated heterocycles. The molecule has 110 valence electrons. The van der Waals surface area contributed by atoms with Gasteiger partial charge in [0, 0.05) is 24.2 Å². The Morgan fingerprint density at radius 3 is 2.48 bits per heavy atom. The van der Waals surface area contributed by atoms with Crippen LogP contribution in [0, 0.1) is 17.0 Å². The summed E-state index contributed by atoms with van der Waals surface area (Å²) < 4.78 is 0. The largest absolute Gasteiger partial charge is 0.336 e. The zero-order valence-corrected chi connectivity index (χ0v) is 12.8. The molecular weight excluding hydrogens is 288 g/mol. The Labute approximate surface area is 129 Å². The highest BCUT2D eigenvalue weighted by Gasteiger charge is 2.21. The van der Waals surface area contributed by atoms with Crippen molar-refractivity contribution in [3.63, 3.8) is 0 Å². The van der Waals surface area contributed by atoms with Gasteiger partial charge in [-0.15, -0.1) is 11.6 Å². The highest BCUT2D eigenvalue weighted by Crippen LogP contribution is 2.35. The molecule has 21 heavy (non-hydrogen) atoms. The molecular formula is C16H17ClN2O2. The molecule has 0 aromatic heterocycles. The molecule has 2 rings (SSSR count).